The first kappa shape index (κ1) is 12.6. The highest BCUT2D eigenvalue weighted by atomic mass is 16.4. The van der Waals surface area contributed by atoms with E-state index in [0.717, 1.165) is 12.8 Å². The van der Waals surface area contributed by atoms with Gasteiger partial charge in [-0.3, -0.25) is 9.59 Å². The van der Waals surface area contributed by atoms with Gasteiger partial charge in [0.2, 0.25) is 5.76 Å². The molecule has 0 aliphatic heterocycles. The van der Waals surface area contributed by atoms with Crippen LogP contribution in [0.5, 0.6) is 0 Å². The molecule has 1 amide bonds. The summed E-state index contributed by atoms with van der Waals surface area (Å²) in [6.45, 7) is 3.36. The maximum atomic E-state index is 12.0. The van der Waals surface area contributed by atoms with Crippen molar-refractivity contribution in [1.82, 2.24) is 10.3 Å². The van der Waals surface area contributed by atoms with E-state index in [9.17, 15) is 9.59 Å². The number of aromatic nitrogens is 1. The molecule has 0 aromatic carbocycles. The largest absolute Gasteiger partial charge is 0.481 e. The molecule has 6 heteroatoms. The fourth-order valence-corrected chi connectivity index (χ4v) is 2.00. The summed E-state index contributed by atoms with van der Waals surface area (Å²) < 4.78 is 5.21. The summed E-state index contributed by atoms with van der Waals surface area (Å²) in [5, 5.41) is 11.5. The quantitative estimate of drug-likeness (QED) is 0.823. The molecule has 1 unspecified atom stereocenters. The van der Waals surface area contributed by atoms with Crippen molar-refractivity contribution >= 4 is 11.9 Å². The number of nitrogens with one attached hydrogen (secondary N) is 1. The normalized spacial score (nSPS) is 16.3. The third kappa shape index (κ3) is 2.88. The van der Waals surface area contributed by atoms with Crippen molar-refractivity contribution in [3.8, 4) is 0 Å². The van der Waals surface area contributed by atoms with Crippen LogP contribution >= 0.6 is 0 Å². The third-order valence-corrected chi connectivity index (χ3v) is 3.01. The van der Waals surface area contributed by atoms with Crippen molar-refractivity contribution in [2.24, 2.45) is 5.92 Å². The fraction of sp³-hybridized carbons (Fsp3) is 0.583. The number of hydrogen-bond acceptors (Lipinski definition) is 4. The third-order valence-electron chi connectivity index (χ3n) is 3.01. The molecule has 1 saturated carbocycles. The van der Waals surface area contributed by atoms with Gasteiger partial charge < -0.3 is 14.8 Å². The number of rotatable bonds is 5. The number of nitrogens with zero attached hydrogens (tertiary/aromatic N) is 1. The topological polar surface area (TPSA) is 92.4 Å². The predicted molar refractivity (Wildman–Crippen MR) is 62.2 cm³/mol. The summed E-state index contributed by atoms with van der Waals surface area (Å²) in [4.78, 5) is 26.7. The van der Waals surface area contributed by atoms with Crippen LogP contribution in [0.15, 0.2) is 4.42 Å². The number of carboxylic acid groups (broad SMARTS) is 1. The van der Waals surface area contributed by atoms with Crippen LogP contribution in [0.1, 0.15) is 41.4 Å². The highest BCUT2D eigenvalue weighted by molar-refractivity contribution is 5.92. The predicted octanol–water partition coefficient (Wildman–Crippen LogP) is 1.27. The Bertz CT molecular complexity index is 476. The molecule has 6 nitrogen and oxygen atoms in total. The van der Waals surface area contributed by atoms with E-state index in [4.69, 9.17) is 9.52 Å². The lowest BCUT2D eigenvalue weighted by atomic mass is 10.1. The van der Waals surface area contributed by atoms with Gasteiger partial charge in [0, 0.05) is 13.0 Å². The second kappa shape index (κ2) is 4.80. The van der Waals surface area contributed by atoms with Crippen LogP contribution in [0.3, 0.4) is 0 Å². The van der Waals surface area contributed by atoms with Gasteiger partial charge in [-0.2, -0.15) is 0 Å². The summed E-state index contributed by atoms with van der Waals surface area (Å²) in [5.41, 5.74) is 0.523. The minimum Gasteiger partial charge on any atom is -0.481 e. The van der Waals surface area contributed by atoms with Crippen molar-refractivity contribution in [2.45, 2.75) is 39.2 Å². The second-order valence-electron chi connectivity index (χ2n) is 4.66. The highest BCUT2D eigenvalue weighted by Crippen LogP contribution is 2.34. The summed E-state index contributed by atoms with van der Waals surface area (Å²) in [6.07, 6.45) is 1.88. The molecule has 1 aromatic rings. The van der Waals surface area contributed by atoms with Crippen molar-refractivity contribution < 1.29 is 19.1 Å². The molecule has 18 heavy (non-hydrogen) atoms. The van der Waals surface area contributed by atoms with Gasteiger partial charge in [0.05, 0.1) is 12.1 Å². The van der Waals surface area contributed by atoms with E-state index in [1.165, 1.54) is 0 Å². The maximum absolute atomic E-state index is 12.0. The average Bonchev–Trinajstić information content (AvgIpc) is 3.03. The number of amides is 1. The molecule has 1 fully saturated rings. The lowest BCUT2D eigenvalue weighted by Crippen LogP contribution is -2.38. The Hall–Kier alpha value is -1.85. The molecule has 1 heterocycles. The van der Waals surface area contributed by atoms with Gasteiger partial charge >= 0.3 is 5.97 Å². The molecule has 0 saturated heterocycles. The smallest absolute Gasteiger partial charge is 0.305 e. The summed E-state index contributed by atoms with van der Waals surface area (Å²) >= 11 is 0. The number of carbonyl (C=O) groups excluding carboxylic acids is 1. The molecule has 2 N–H and O–H groups in total. The standard InChI is InChI=1S/C12H16N2O4/c1-6-11(18-7(2)13-6)12(17)14-9(5-10(15)16)8-3-4-8/h8-9H,3-5H2,1-2H3,(H,14,17)(H,15,16). The van der Waals surface area contributed by atoms with Crippen LogP contribution in [0.4, 0.5) is 0 Å². The Labute approximate surface area is 104 Å². The van der Waals surface area contributed by atoms with E-state index in [0.29, 0.717) is 11.6 Å². The molecular weight excluding hydrogens is 236 g/mol. The van der Waals surface area contributed by atoms with Crippen LogP contribution in [-0.4, -0.2) is 28.0 Å². The monoisotopic (exact) mass is 252 g/mol. The second-order valence-corrected chi connectivity index (χ2v) is 4.66. The number of aliphatic carboxylic acids is 1. The zero-order chi connectivity index (χ0) is 13.3. The van der Waals surface area contributed by atoms with E-state index in [1.807, 2.05) is 0 Å². The molecule has 1 atom stereocenters. The van der Waals surface area contributed by atoms with E-state index >= 15 is 0 Å². The van der Waals surface area contributed by atoms with Crippen molar-refractivity contribution in [1.29, 1.82) is 0 Å². The van der Waals surface area contributed by atoms with E-state index in [1.54, 1.807) is 13.8 Å². The molecule has 0 radical (unpaired) electrons. The highest BCUT2D eigenvalue weighted by Gasteiger charge is 2.34. The number of oxazole rings is 1. The minimum atomic E-state index is -0.905. The van der Waals surface area contributed by atoms with Crippen LogP contribution in [-0.2, 0) is 4.79 Å². The van der Waals surface area contributed by atoms with Crippen molar-refractivity contribution in [3.63, 3.8) is 0 Å². The Morgan fingerprint density at radius 1 is 1.50 bits per heavy atom. The molecule has 1 aliphatic rings. The lowest BCUT2D eigenvalue weighted by Gasteiger charge is -2.15. The fourth-order valence-electron chi connectivity index (χ4n) is 2.00. The van der Waals surface area contributed by atoms with E-state index in [2.05, 4.69) is 10.3 Å². The molecular formula is C12H16N2O4. The van der Waals surface area contributed by atoms with Crippen LogP contribution < -0.4 is 5.32 Å². The Morgan fingerprint density at radius 3 is 2.61 bits per heavy atom. The average molecular weight is 252 g/mol. The molecule has 98 valence electrons. The SMILES string of the molecule is Cc1nc(C)c(C(=O)NC(CC(=O)O)C2CC2)o1. The number of hydrogen-bond donors (Lipinski definition) is 2. The van der Waals surface area contributed by atoms with Crippen LogP contribution in [0.25, 0.3) is 0 Å². The van der Waals surface area contributed by atoms with Gasteiger partial charge in [0.15, 0.2) is 5.89 Å². The first-order chi connectivity index (χ1) is 8.47. The van der Waals surface area contributed by atoms with Crippen molar-refractivity contribution in [2.75, 3.05) is 0 Å². The van der Waals surface area contributed by atoms with E-state index in [-0.39, 0.29) is 30.0 Å². The maximum Gasteiger partial charge on any atom is 0.305 e. The number of carbonyl (C=O) groups is 2. The molecule has 0 spiro atoms. The Kier molecular flexibility index (Phi) is 3.36. The first-order valence-electron chi connectivity index (χ1n) is 5.94. The number of aryl methyl sites for hydroxylation is 2. The summed E-state index contributed by atoms with van der Waals surface area (Å²) in [6, 6.07) is -0.320. The van der Waals surface area contributed by atoms with Crippen LogP contribution in [0, 0.1) is 19.8 Å². The van der Waals surface area contributed by atoms with Gasteiger partial charge in [-0.1, -0.05) is 0 Å². The summed E-state index contributed by atoms with van der Waals surface area (Å²) in [7, 11) is 0. The number of carboxylic acids is 1. The van der Waals surface area contributed by atoms with Gasteiger partial charge in [-0.15, -0.1) is 0 Å². The zero-order valence-electron chi connectivity index (χ0n) is 10.4. The molecule has 1 aliphatic carbocycles. The Balaban J connectivity index is 2.04. The van der Waals surface area contributed by atoms with Crippen molar-refractivity contribution in [3.05, 3.63) is 17.3 Å². The first-order valence-corrected chi connectivity index (χ1v) is 5.94. The molecule has 0 bridgehead atoms. The van der Waals surface area contributed by atoms with Gasteiger partial charge in [0.1, 0.15) is 0 Å². The van der Waals surface area contributed by atoms with E-state index < -0.39 is 5.97 Å². The van der Waals surface area contributed by atoms with Gasteiger partial charge in [-0.05, 0) is 25.7 Å². The molecule has 1 aromatic heterocycles. The Morgan fingerprint density at radius 2 is 2.17 bits per heavy atom. The zero-order valence-corrected chi connectivity index (χ0v) is 10.4. The van der Waals surface area contributed by atoms with Gasteiger partial charge in [0.25, 0.3) is 5.91 Å². The lowest BCUT2D eigenvalue weighted by molar-refractivity contribution is -0.137. The minimum absolute atomic E-state index is 0.0530. The summed E-state index contributed by atoms with van der Waals surface area (Å²) in [5.74, 6) is -0.416. The van der Waals surface area contributed by atoms with Gasteiger partial charge in [-0.25, -0.2) is 4.98 Å². The molecule has 2 rings (SSSR count). The van der Waals surface area contributed by atoms with Crippen LogP contribution in [0.2, 0.25) is 0 Å².